The van der Waals surface area contributed by atoms with Gasteiger partial charge in [0.05, 0.1) is 12.2 Å². The standard InChI is InChI=1S/C24H19FN4O/c25-20-7-5-17(6-8-20)11-14-28-22-4-2-1-3-19(22)16-29-23(30)15-21(27-24(28)29)18-9-12-26-13-10-18/h1-10,12-13,15H,11,14,16H2. The van der Waals surface area contributed by atoms with E-state index < -0.39 is 0 Å². The van der Waals surface area contributed by atoms with Crippen LogP contribution < -0.4 is 10.5 Å². The first-order valence-electron chi connectivity index (χ1n) is 9.81. The number of aromatic nitrogens is 3. The highest BCUT2D eigenvalue weighted by Crippen LogP contribution is 2.33. The smallest absolute Gasteiger partial charge is 0.255 e. The Morgan fingerprint density at radius 2 is 1.73 bits per heavy atom. The lowest BCUT2D eigenvalue weighted by atomic mass is 10.1. The molecule has 5 rings (SSSR count). The largest absolute Gasteiger partial charge is 0.311 e. The van der Waals surface area contributed by atoms with Crippen LogP contribution >= 0.6 is 0 Å². The first-order valence-corrected chi connectivity index (χ1v) is 9.81. The van der Waals surface area contributed by atoms with E-state index in [1.807, 2.05) is 30.3 Å². The van der Waals surface area contributed by atoms with Gasteiger partial charge in [-0.15, -0.1) is 0 Å². The predicted octanol–water partition coefficient (Wildman–Crippen LogP) is 4.19. The summed E-state index contributed by atoms with van der Waals surface area (Å²) >= 11 is 0. The van der Waals surface area contributed by atoms with E-state index in [9.17, 15) is 9.18 Å². The Balaban J connectivity index is 1.58. The molecule has 0 fully saturated rings. The predicted molar refractivity (Wildman–Crippen MR) is 114 cm³/mol. The molecule has 0 atom stereocenters. The zero-order valence-electron chi connectivity index (χ0n) is 16.2. The monoisotopic (exact) mass is 398 g/mol. The van der Waals surface area contributed by atoms with E-state index in [1.54, 1.807) is 35.2 Å². The SMILES string of the molecule is O=c1cc(-c2ccncc2)nc2n1Cc1ccccc1N2CCc1ccc(F)cc1. The van der Waals surface area contributed by atoms with Crippen molar-refractivity contribution in [2.75, 3.05) is 11.4 Å². The molecule has 1 aliphatic heterocycles. The number of hydrogen-bond acceptors (Lipinski definition) is 4. The molecule has 0 amide bonds. The molecule has 2 aromatic heterocycles. The van der Waals surface area contributed by atoms with E-state index in [2.05, 4.69) is 16.0 Å². The van der Waals surface area contributed by atoms with Crippen molar-refractivity contribution in [1.29, 1.82) is 0 Å². The number of halogens is 1. The number of rotatable bonds is 4. The summed E-state index contributed by atoms with van der Waals surface area (Å²) in [4.78, 5) is 23.9. The molecule has 148 valence electrons. The summed E-state index contributed by atoms with van der Waals surface area (Å²) in [7, 11) is 0. The first kappa shape index (κ1) is 18.2. The zero-order valence-corrected chi connectivity index (χ0v) is 16.2. The Kier molecular flexibility index (Phi) is 4.59. The van der Waals surface area contributed by atoms with Crippen LogP contribution in [0.5, 0.6) is 0 Å². The van der Waals surface area contributed by atoms with Gasteiger partial charge in [-0.3, -0.25) is 14.3 Å². The van der Waals surface area contributed by atoms with E-state index in [-0.39, 0.29) is 11.4 Å². The van der Waals surface area contributed by atoms with E-state index in [4.69, 9.17) is 4.98 Å². The van der Waals surface area contributed by atoms with Gasteiger partial charge < -0.3 is 4.90 Å². The summed E-state index contributed by atoms with van der Waals surface area (Å²) in [6.45, 7) is 1.11. The Morgan fingerprint density at radius 1 is 0.967 bits per heavy atom. The fourth-order valence-electron chi connectivity index (χ4n) is 3.82. The van der Waals surface area contributed by atoms with Crippen LogP contribution in [0.3, 0.4) is 0 Å². The lowest BCUT2D eigenvalue weighted by Crippen LogP contribution is -2.35. The van der Waals surface area contributed by atoms with Gasteiger partial charge in [0.15, 0.2) is 0 Å². The van der Waals surface area contributed by atoms with Gasteiger partial charge in [-0.1, -0.05) is 30.3 Å². The molecule has 6 heteroatoms. The fourth-order valence-corrected chi connectivity index (χ4v) is 3.82. The van der Waals surface area contributed by atoms with Gasteiger partial charge in [0.1, 0.15) is 5.82 Å². The number of pyridine rings is 1. The van der Waals surface area contributed by atoms with Crippen LogP contribution in [0, 0.1) is 5.82 Å². The van der Waals surface area contributed by atoms with Gasteiger partial charge in [-0.25, -0.2) is 9.37 Å². The van der Waals surface area contributed by atoms with Gasteiger partial charge in [0.25, 0.3) is 5.56 Å². The topological polar surface area (TPSA) is 51.0 Å². The molecule has 30 heavy (non-hydrogen) atoms. The van der Waals surface area contributed by atoms with Crippen LogP contribution in [0.1, 0.15) is 11.1 Å². The van der Waals surface area contributed by atoms with Gasteiger partial charge in [-0.2, -0.15) is 0 Å². The highest BCUT2D eigenvalue weighted by Gasteiger charge is 2.25. The summed E-state index contributed by atoms with van der Waals surface area (Å²) < 4.78 is 15.0. The molecule has 0 spiro atoms. The average Bonchev–Trinajstić information content (AvgIpc) is 2.79. The number of hydrogen-bond donors (Lipinski definition) is 0. The number of anilines is 2. The normalized spacial score (nSPS) is 12.4. The second-order valence-electron chi connectivity index (χ2n) is 7.26. The maximum atomic E-state index is 13.3. The van der Waals surface area contributed by atoms with Crippen LogP contribution in [0.15, 0.2) is 83.9 Å². The van der Waals surface area contributed by atoms with Crippen molar-refractivity contribution in [3.05, 3.63) is 106 Å². The summed E-state index contributed by atoms with van der Waals surface area (Å²) in [5, 5.41) is 0. The van der Waals surface area contributed by atoms with Crippen molar-refractivity contribution in [2.45, 2.75) is 13.0 Å². The Hall–Kier alpha value is -3.80. The number of para-hydroxylation sites is 1. The van der Waals surface area contributed by atoms with Crippen LogP contribution in [0.4, 0.5) is 16.0 Å². The minimum absolute atomic E-state index is 0.0897. The van der Waals surface area contributed by atoms with Gasteiger partial charge in [0, 0.05) is 36.3 Å². The molecule has 0 aliphatic carbocycles. The van der Waals surface area contributed by atoms with E-state index in [0.29, 0.717) is 31.2 Å². The van der Waals surface area contributed by atoms with Crippen molar-refractivity contribution < 1.29 is 4.39 Å². The summed E-state index contributed by atoms with van der Waals surface area (Å²) in [5.74, 6) is 0.373. The molecule has 1 aliphatic rings. The number of fused-ring (bicyclic) bond motifs is 2. The Morgan fingerprint density at radius 3 is 2.53 bits per heavy atom. The molecule has 0 radical (unpaired) electrons. The molecule has 4 aromatic rings. The Bertz CT molecular complexity index is 1250. The maximum absolute atomic E-state index is 13.3. The van der Waals surface area contributed by atoms with Crippen LogP contribution in [-0.4, -0.2) is 21.1 Å². The molecule has 2 aromatic carbocycles. The van der Waals surface area contributed by atoms with Crippen molar-refractivity contribution >= 4 is 11.6 Å². The lowest BCUT2D eigenvalue weighted by Gasteiger charge is -2.33. The van der Waals surface area contributed by atoms with Crippen molar-refractivity contribution in [3.63, 3.8) is 0 Å². The summed E-state index contributed by atoms with van der Waals surface area (Å²) in [6.07, 6.45) is 4.08. The van der Waals surface area contributed by atoms with Crippen molar-refractivity contribution in [3.8, 4) is 11.3 Å². The van der Waals surface area contributed by atoms with Crippen molar-refractivity contribution in [2.24, 2.45) is 0 Å². The summed E-state index contributed by atoms with van der Waals surface area (Å²) in [6, 6.07) is 19.8. The van der Waals surface area contributed by atoms with Crippen LogP contribution in [0.2, 0.25) is 0 Å². The average molecular weight is 398 g/mol. The maximum Gasteiger partial charge on any atom is 0.255 e. The molecule has 0 N–H and O–H groups in total. The molecular weight excluding hydrogens is 379 g/mol. The first-order chi connectivity index (χ1) is 14.7. The lowest BCUT2D eigenvalue weighted by molar-refractivity contribution is 0.626. The van der Waals surface area contributed by atoms with E-state index in [1.165, 1.54) is 12.1 Å². The third-order valence-corrected chi connectivity index (χ3v) is 5.35. The van der Waals surface area contributed by atoms with Gasteiger partial charge in [-0.05, 0) is 47.9 Å². The Labute approximate surface area is 173 Å². The third kappa shape index (κ3) is 3.37. The minimum atomic E-state index is -0.248. The molecule has 0 saturated heterocycles. The van der Waals surface area contributed by atoms with Gasteiger partial charge in [0.2, 0.25) is 5.95 Å². The van der Waals surface area contributed by atoms with Crippen LogP contribution in [-0.2, 0) is 13.0 Å². The summed E-state index contributed by atoms with van der Waals surface area (Å²) in [5.41, 5.74) is 4.53. The van der Waals surface area contributed by atoms with Gasteiger partial charge >= 0.3 is 0 Å². The third-order valence-electron chi connectivity index (χ3n) is 5.35. The molecule has 0 unspecified atom stereocenters. The quantitative estimate of drug-likeness (QED) is 0.517. The number of nitrogens with zero attached hydrogens (tertiary/aromatic N) is 4. The molecule has 0 saturated carbocycles. The molecule has 0 bridgehead atoms. The molecule has 3 heterocycles. The van der Waals surface area contributed by atoms with Crippen molar-refractivity contribution in [1.82, 2.24) is 14.5 Å². The zero-order chi connectivity index (χ0) is 20.5. The number of benzene rings is 2. The minimum Gasteiger partial charge on any atom is -0.311 e. The van der Waals surface area contributed by atoms with Crippen LogP contribution in [0.25, 0.3) is 11.3 Å². The molecule has 5 nitrogen and oxygen atoms in total. The highest BCUT2D eigenvalue weighted by atomic mass is 19.1. The second kappa shape index (κ2) is 7.55. The fraction of sp³-hybridized carbons (Fsp3) is 0.125. The second-order valence-corrected chi connectivity index (χ2v) is 7.26. The molecular formula is C24H19FN4O. The van der Waals surface area contributed by atoms with E-state index >= 15 is 0 Å². The highest BCUT2D eigenvalue weighted by molar-refractivity contribution is 5.68. The van der Waals surface area contributed by atoms with E-state index in [0.717, 1.165) is 22.4 Å².